The number of halogens is 3. The Morgan fingerprint density at radius 1 is 1.35 bits per heavy atom. The molecule has 0 aromatic heterocycles. The third-order valence-electron chi connectivity index (χ3n) is 2.25. The molecular formula is C12H16BrF2NO. The molecule has 0 saturated carbocycles. The van der Waals surface area contributed by atoms with Crippen molar-refractivity contribution in [2.45, 2.75) is 32.4 Å². The van der Waals surface area contributed by atoms with Gasteiger partial charge in [-0.2, -0.15) is 0 Å². The first-order chi connectivity index (χ1) is 7.91. The lowest BCUT2D eigenvalue weighted by Crippen LogP contribution is -2.30. The summed E-state index contributed by atoms with van der Waals surface area (Å²) in [6, 6.07) is 2.14. The van der Waals surface area contributed by atoms with Crippen molar-refractivity contribution >= 4 is 15.9 Å². The van der Waals surface area contributed by atoms with Gasteiger partial charge < -0.3 is 10.5 Å². The first-order valence-electron chi connectivity index (χ1n) is 5.41. The van der Waals surface area contributed by atoms with Gasteiger partial charge in [-0.25, -0.2) is 8.78 Å². The van der Waals surface area contributed by atoms with Crippen LogP contribution in [0.3, 0.4) is 0 Å². The molecule has 0 heterocycles. The Hall–Kier alpha value is -0.520. The van der Waals surface area contributed by atoms with Gasteiger partial charge in [-0.15, -0.1) is 0 Å². The van der Waals surface area contributed by atoms with Gasteiger partial charge in [-0.1, -0.05) is 0 Å². The minimum atomic E-state index is -0.593. The molecule has 0 aliphatic carbocycles. The summed E-state index contributed by atoms with van der Waals surface area (Å²) in [7, 11) is 0. The Balaban J connectivity index is 2.71. The summed E-state index contributed by atoms with van der Waals surface area (Å²) in [5.74, 6) is -1.17. The fourth-order valence-corrected chi connectivity index (χ4v) is 1.76. The van der Waals surface area contributed by atoms with Gasteiger partial charge in [0.15, 0.2) is 0 Å². The molecule has 0 saturated heterocycles. The zero-order valence-electron chi connectivity index (χ0n) is 9.84. The van der Waals surface area contributed by atoms with E-state index in [2.05, 4.69) is 15.9 Å². The highest BCUT2D eigenvalue weighted by atomic mass is 79.9. The summed E-state index contributed by atoms with van der Waals surface area (Å²) >= 11 is 3.02. The van der Waals surface area contributed by atoms with Gasteiger partial charge >= 0.3 is 0 Å². The van der Waals surface area contributed by atoms with Crippen LogP contribution in [0, 0.1) is 11.6 Å². The smallest absolute Gasteiger partial charge is 0.143 e. The van der Waals surface area contributed by atoms with Crippen LogP contribution in [-0.2, 0) is 11.2 Å². The third kappa shape index (κ3) is 4.33. The van der Waals surface area contributed by atoms with Crippen molar-refractivity contribution in [2.75, 3.05) is 6.61 Å². The van der Waals surface area contributed by atoms with Gasteiger partial charge in [0.2, 0.25) is 0 Å². The van der Waals surface area contributed by atoms with Crippen molar-refractivity contribution in [1.82, 2.24) is 0 Å². The average molecular weight is 308 g/mol. The predicted octanol–water partition coefficient (Wildman–Crippen LogP) is 3.02. The Kier molecular flexibility index (Phi) is 5.49. The first-order valence-corrected chi connectivity index (χ1v) is 6.20. The molecule has 1 rings (SSSR count). The minimum Gasteiger partial charge on any atom is -0.377 e. The SMILES string of the molecule is CC(C)OCC(N)Cc1c(F)ccc(Br)c1F. The van der Waals surface area contributed by atoms with E-state index in [9.17, 15) is 8.78 Å². The summed E-state index contributed by atoms with van der Waals surface area (Å²) in [5.41, 5.74) is 5.77. The second-order valence-electron chi connectivity index (χ2n) is 4.17. The molecule has 0 amide bonds. The summed E-state index contributed by atoms with van der Waals surface area (Å²) in [4.78, 5) is 0. The Morgan fingerprint density at radius 3 is 2.59 bits per heavy atom. The topological polar surface area (TPSA) is 35.2 Å². The van der Waals surface area contributed by atoms with E-state index in [-0.39, 0.29) is 29.2 Å². The van der Waals surface area contributed by atoms with Crippen molar-refractivity contribution in [1.29, 1.82) is 0 Å². The fraction of sp³-hybridized carbons (Fsp3) is 0.500. The zero-order chi connectivity index (χ0) is 13.0. The van der Waals surface area contributed by atoms with E-state index in [4.69, 9.17) is 10.5 Å². The van der Waals surface area contributed by atoms with E-state index >= 15 is 0 Å². The van der Waals surface area contributed by atoms with E-state index in [1.165, 1.54) is 12.1 Å². The highest BCUT2D eigenvalue weighted by Crippen LogP contribution is 2.22. The molecule has 0 aliphatic heterocycles. The van der Waals surface area contributed by atoms with Crippen LogP contribution in [-0.4, -0.2) is 18.8 Å². The number of hydrogen-bond acceptors (Lipinski definition) is 2. The molecule has 5 heteroatoms. The number of benzene rings is 1. The van der Waals surface area contributed by atoms with Crippen LogP contribution in [0.1, 0.15) is 19.4 Å². The molecule has 1 unspecified atom stereocenters. The molecule has 0 radical (unpaired) electrons. The van der Waals surface area contributed by atoms with Crippen LogP contribution in [0.2, 0.25) is 0 Å². The average Bonchev–Trinajstić information content (AvgIpc) is 2.27. The zero-order valence-corrected chi connectivity index (χ0v) is 11.4. The van der Waals surface area contributed by atoms with Crippen molar-refractivity contribution < 1.29 is 13.5 Å². The third-order valence-corrected chi connectivity index (χ3v) is 2.86. The van der Waals surface area contributed by atoms with Crippen molar-refractivity contribution in [2.24, 2.45) is 5.73 Å². The summed E-state index contributed by atoms with van der Waals surface area (Å²) < 4.78 is 32.6. The largest absolute Gasteiger partial charge is 0.377 e. The van der Waals surface area contributed by atoms with Crippen molar-refractivity contribution in [3.05, 3.63) is 33.8 Å². The van der Waals surface area contributed by atoms with E-state index < -0.39 is 17.7 Å². The maximum Gasteiger partial charge on any atom is 0.143 e. The quantitative estimate of drug-likeness (QED) is 0.849. The molecule has 17 heavy (non-hydrogen) atoms. The Labute approximate surface area is 108 Å². The minimum absolute atomic E-state index is 0.000712. The number of ether oxygens (including phenoxy) is 1. The van der Waals surface area contributed by atoms with Crippen LogP contribution >= 0.6 is 15.9 Å². The van der Waals surface area contributed by atoms with E-state index in [1.54, 1.807) is 0 Å². The highest BCUT2D eigenvalue weighted by molar-refractivity contribution is 9.10. The Morgan fingerprint density at radius 2 is 2.00 bits per heavy atom. The lowest BCUT2D eigenvalue weighted by atomic mass is 10.1. The molecule has 2 nitrogen and oxygen atoms in total. The van der Waals surface area contributed by atoms with Crippen LogP contribution < -0.4 is 5.73 Å². The van der Waals surface area contributed by atoms with Crippen LogP contribution in [0.5, 0.6) is 0 Å². The number of nitrogens with two attached hydrogens (primary N) is 1. The maximum atomic E-state index is 13.6. The monoisotopic (exact) mass is 307 g/mol. The molecule has 1 aromatic carbocycles. The van der Waals surface area contributed by atoms with E-state index in [1.807, 2.05) is 13.8 Å². The maximum absolute atomic E-state index is 13.6. The molecule has 0 aliphatic rings. The van der Waals surface area contributed by atoms with Gasteiger partial charge in [-0.3, -0.25) is 0 Å². The van der Waals surface area contributed by atoms with Crippen LogP contribution in [0.25, 0.3) is 0 Å². The molecule has 0 bridgehead atoms. The molecular weight excluding hydrogens is 292 g/mol. The molecule has 1 aromatic rings. The van der Waals surface area contributed by atoms with Gasteiger partial charge in [0.25, 0.3) is 0 Å². The summed E-state index contributed by atoms with van der Waals surface area (Å²) in [5, 5.41) is 0. The van der Waals surface area contributed by atoms with Crippen LogP contribution in [0.15, 0.2) is 16.6 Å². The van der Waals surface area contributed by atoms with E-state index in [0.717, 1.165) is 0 Å². The standard InChI is InChI=1S/C12H16BrF2NO/c1-7(2)17-6-8(16)5-9-11(14)4-3-10(13)12(9)15/h3-4,7-8H,5-6,16H2,1-2H3. The van der Waals surface area contributed by atoms with Gasteiger partial charge in [0.1, 0.15) is 11.6 Å². The first kappa shape index (κ1) is 14.5. The molecule has 2 N–H and O–H groups in total. The molecule has 96 valence electrons. The van der Waals surface area contributed by atoms with Crippen LogP contribution in [0.4, 0.5) is 8.78 Å². The fourth-order valence-electron chi connectivity index (χ4n) is 1.39. The second kappa shape index (κ2) is 6.42. The lowest BCUT2D eigenvalue weighted by Gasteiger charge is -2.15. The second-order valence-corrected chi connectivity index (χ2v) is 5.02. The molecule has 0 spiro atoms. The van der Waals surface area contributed by atoms with Crippen molar-refractivity contribution in [3.63, 3.8) is 0 Å². The number of rotatable bonds is 5. The summed E-state index contributed by atoms with van der Waals surface area (Å²) in [6.45, 7) is 4.04. The van der Waals surface area contributed by atoms with Crippen molar-refractivity contribution in [3.8, 4) is 0 Å². The normalized spacial score (nSPS) is 13.1. The molecule has 0 fully saturated rings. The van der Waals surface area contributed by atoms with Gasteiger partial charge in [-0.05, 0) is 48.3 Å². The lowest BCUT2D eigenvalue weighted by molar-refractivity contribution is 0.0681. The predicted molar refractivity (Wildman–Crippen MR) is 66.8 cm³/mol. The van der Waals surface area contributed by atoms with Gasteiger partial charge in [0.05, 0.1) is 17.2 Å². The summed E-state index contributed by atoms with van der Waals surface area (Å²) in [6.07, 6.45) is 0.169. The van der Waals surface area contributed by atoms with Gasteiger partial charge in [0, 0.05) is 11.6 Å². The highest BCUT2D eigenvalue weighted by Gasteiger charge is 2.15. The van der Waals surface area contributed by atoms with E-state index in [0.29, 0.717) is 0 Å². The molecule has 1 atom stereocenters. The number of hydrogen-bond donors (Lipinski definition) is 1. The Bertz CT molecular complexity index is 385.